The van der Waals surface area contributed by atoms with Gasteiger partial charge in [-0.25, -0.2) is 9.69 Å². The first-order valence-corrected chi connectivity index (χ1v) is 10.3. The third-order valence-corrected chi connectivity index (χ3v) is 5.53. The molecule has 1 fully saturated rings. The highest BCUT2D eigenvalue weighted by Crippen LogP contribution is 2.27. The van der Waals surface area contributed by atoms with Gasteiger partial charge in [-0.2, -0.15) is 0 Å². The molecule has 1 saturated heterocycles. The number of methoxy groups -OCH3 is 1. The molecule has 156 valence electrons. The summed E-state index contributed by atoms with van der Waals surface area (Å²) < 4.78 is 5.07. The Labute approximate surface area is 183 Å². The van der Waals surface area contributed by atoms with Crippen LogP contribution in [0.2, 0.25) is 0 Å². The lowest BCUT2D eigenvalue weighted by Crippen LogP contribution is -2.38. The molecule has 2 heterocycles. The molecule has 4 amide bonds. The number of hydrogen-bond acceptors (Lipinski definition) is 5. The standard InChI is InChI=1S/C23H19N3O4S/c1-30-18-9-7-17(8-10-18)24-21(27)13-26-22(28)20(25-23(26)29)12-19-11-16(14-31-19)15-5-3-2-4-6-15/h2-12,14H,13H2,1H3,(H,24,27)(H,25,29). The topological polar surface area (TPSA) is 87.7 Å². The van der Waals surface area contributed by atoms with Gasteiger partial charge in [-0.05, 0) is 52.9 Å². The summed E-state index contributed by atoms with van der Waals surface area (Å²) in [5.74, 6) is -0.354. The molecule has 1 aliphatic rings. The normalized spacial score (nSPS) is 14.6. The molecule has 31 heavy (non-hydrogen) atoms. The van der Waals surface area contributed by atoms with Gasteiger partial charge in [0.25, 0.3) is 5.91 Å². The molecule has 0 saturated carbocycles. The Morgan fingerprint density at radius 1 is 1.10 bits per heavy atom. The third kappa shape index (κ3) is 4.65. The van der Waals surface area contributed by atoms with E-state index in [9.17, 15) is 14.4 Å². The van der Waals surface area contributed by atoms with Crippen molar-refractivity contribution in [1.82, 2.24) is 10.2 Å². The number of benzene rings is 2. The second kappa shape index (κ2) is 8.85. The van der Waals surface area contributed by atoms with Crippen molar-refractivity contribution in [3.8, 4) is 16.9 Å². The fourth-order valence-corrected chi connectivity index (χ4v) is 3.93. The predicted molar refractivity (Wildman–Crippen MR) is 120 cm³/mol. The fraction of sp³-hybridized carbons (Fsp3) is 0.0870. The van der Waals surface area contributed by atoms with Crippen LogP contribution >= 0.6 is 11.3 Å². The van der Waals surface area contributed by atoms with Crippen LogP contribution in [0.3, 0.4) is 0 Å². The number of nitrogens with zero attached hydrogens (tertiary/aromatic N) is 1. The number of urea groups is 1. The van der Waals surface area contributed by atoms with E-state index < -0.39 is 17.8 Å². The van der Waals surface area contributed by atoms with Crippen molar-refractivity contribution in [2.45, 2.75) is 0 Å². The van der Waals surface area contributed by atoms with E-state index in [1.807, 2.05) is 41.8 Å². The number of ether oxygens (including phenoxy) is 1. The summed E-state index contributed by atoms with van der Waals surface area (Å²) >= 11 is 1.47. The number of anilines is 1. The van der Waals surface area contributed by atoms with Crippen molar-refractivity contribution in [1.29, 1.82) is 0 Å². The van der Waals surface area contributed by atoms with E-state index in [0.29, 0.717) is 11.4 Å². The molecule has 0 unspecified atom stereocenters. The van der Waals surface area contributed by atoms with Gasteiger partial charge >= 0.3 is 6.03 Å². The summed E-state index contributed by atoms with van der Waals surface area (Å²) in [6.07, 6.45) is 1.62. The molecule has 0 aliphatic carbocycles. The van der Waals surface area contributed by atoms with Crippen LogP contribution in [0.1, 0.15) is 4.88 Å². The largest absolute Gasteiger partial charge is 0.497 e. The summed E-state index contributed by atoms with van der Waals surface area (Å²) in [5.41, 5.74) is 2.79. The van der Waals surface area contributed by atoms with Crippen LogP contribution in [0.25, 0.3) is 17.2 Å². The van der Waals surface area contributed by atoms with Gasteiger partial charge < -0.3 is 15.4 Å². The number of carbonyl (C=O) groups excluding carboxylic acids is 3. The van der Waals surface area contributed by atoms with Crippen LogP contribution < -0.4 is 15.4 Å². The number of amides is 4. The summed E-state index contributed by atoms with van der Waals surface area (Å²) in [5, 5.41) is 7.19. The van der Waals surface area contributed by atoms with E-state index in [2.05, 4.69) is 10.6 Å². The van der Waals surface area contributed by atoms with Gasteiger partial charge in [0.05, 0.1) is 7.11 Å². The van der Waals surface area contributed by atoms with Gasteiger partial charge in [0, 0.05) is 10.6 Å². The zero-order chi connectivity index (χ0) is 21.8. The third-order valence-electron chi connectivity index (χ3n) is 4.65. The minimum absolute atomic E-state index is 0.142. The lowest BCUT2D eigenvalue weighted by Gasteiger charge is -2.12. The van der Waals surface area contributed by atoms with Gasteiger partial charge in [0.2, 0.25) is 5.91 Å². The van der Waals surface area contributed by atoms with Crippen LogP contribution in [0.15, 0.2) is 71.7 Å². The van der Waals surface area contributed by atoms with Crippen LogP contribution in [0.5, 0.6) is 5.75 Å². The minimum atomic E-state index is -0.624. The first-order valence-electron chi connectivity index (χ1n) is 9.46. The van der Waals surface area contributed by atoms with Gasteiger partial charge in [-0.1, -0.05) is 30.3 Å². The van der Waals surface area contributed by atoms with E-state index in [1.54, 1.807) is 37.5 Å². The average molecular weight is 433 g/mol. The fourth-order valence-electron chi connectivity index (χ4n) is 3.09. The summed E-state index contributed by atoms with van der Waals surface area (Å²) in [4.78, 5) is 38.9. The lowest BCUT2D eigenvalue weighted by atomic mass is 10.1. The number of carbonyl (C=O) groups is 3. The quantitative estimate of drug-likeness (QED) is 0.455. The smallest absolute Gasteiger partial charge is 0.329 e. The van der Waals surface area contributed by atoms with Crippen LogP contribution in [0.4, 0.5) is 10.5 Å². The molecule has 3 aromatic rings. The van der Waals surface area contributed by atoms with Gasteiger partial charge in [-0.3, -0.25) is 9.59 Å². The molecule has 1 aliphatic heterocycles. The second-order valence-corrected chi connectivity index (χ2v) is 7.70. The highest BCUT2D eigenvalue weighted by atomic mass is 32.1. The van der Waals surface area contributed by atoms with E-state index >= 15 is 0 Å². The van der Waals surface area contributed by atoms with E-state index in [4.69, 9.17) is 4.74 Å². The number of thiophene rings is 1. The second-order valence-electron chi connectivity index (χ2n) is 6.76. The monoisotopic (exact) mass is 433 g/mol. The molecule has 0 atom stereocenters. The molecular formula is C23H19N3O4S. The maximum absolute atomic E-state index is 12.7. The zero-order valence-corrected chi connectivity index (χ0v) is 17.4. The first-order chi connectivity index (χ1) is 15.0. The summed E-state index contributed by atoms with van der Waals surface area (Å²) in [6, 6.07) is 18.0. The van der Waals surface area contributed by atoms with Crippen LogP contribution in [-0.4, -0.2) is 36.4 Å². The van der Waals surface area contributed by atoms with E-state index in [0.717, 1.165) is 20.9 Å². The van der Waals surface area contributed by atoms with Crippen molar-refractivity contribution < 1.29 is 19.1 Å². The molecule has 1 aromatic heterocycles. The number of hydrogen-bond donors (Lipinski definition) is 2. The van der Waals surface area contributed by atoms with Crippen molar-refractivity contribution in [2.24, 2.45) is 0 Å². The van der Waals surface area contributed by atoms with Gasteiger partial charge in [0.15, 0.2) is 0 Å². The molecule has 0 spiro atoms. The van der Waals surface area contributed by atoms with Crippen LogP contribution in [-0.2, 0) is 9.59 Å². The average Bonchev–Trinajstić information content (AvgIpc) is 3.35. The lowest BCUT2D eigenvalue weighted by molar-refractivity contribution is -0.127. The number of rotatable bonds is 6. The first kappa shape index (κ1) is 20.4. The molecule has 0 radical (unpaired) electrons. The van der Waals surface area contributed by atoms with E-state index in [-0.39, 0.29) is 12.2 Å². The van der Waals surface area contributed by atoms with Gasteiger partial charge in [-0.15, -0.1) is 11.3 Å². The molecular weight excluding hydrogens is 414 g/mol. The van der Waals surface area contributed by atoms with Crippen molar-refractivity contribution in [2.75, 3.05) is 19.0 Å². The molecule has 8 heteroatoms. The maximum Gasteiger partial charge on any atom is 0.329 e. The Balaban J connectivity index is 1.42. The molecule has 4 rings (SSSR count). The summed E-state index contributed by atoms with van der Waals surface area (Å²) in [6.45, 7) is -0.381. The Kier molecular flexibility index (Phi) is 5.81. The minimum Gasteiger partial charge on any atom is -0.497 e. The van der Waals surface area contributed by atoms with E-state index in [1.165, 1.54) is 11.3 Å². The Bertz CT molecular complexity index is 1150. The zero-order valence-electron chi connectivity index (χ0n) is 16.6. The van der Waals surface area contributed by atoms with Crippen LogP contribution in [0, 0.1) is 0 Å². The summed E-state index contributed by atoms with van der Waals surface area (Å²) in [7, 11) is 1.55. The van der Waals surface area contributed by atoms with Crippen molar-refractivity contribution in [3.63, 3.8) is 0 Å². The van der Waals surface area contributed by atoms with Gasteiger partial charge in [0.1, 0.15) is 18.0 Å². The Morgan fingerprint density at radius 2 is 1.84 bits per heavy atom. The Morgan fingerprint density at radius 3 is 2.55 bits per heavy atom. The number of imide groups is 1. The maximum atomic E-state index is 12.7. The number of nitrogens with one attached hydrogen (secondary N) is 2. The highest BCUT2D eigenvalue weighted by Gasteiger charge is 2.35. The molecule has 2 aromatic carbocycles. The molecule has 2 N–H and O–H groups in total. The molecule has 0 bridgehead atoms. The Hall–Kier alpha value is -3.91. The van der Waals surface area contributed by atoms with Crippen molar-refractivity contribution in [3.05, 3.63) is 76.6 Å². The molecule has 7 nitrogen and oxygen atoms in total. The predicted octanol–water partition coefficient (Wildman–Crippen LogP) is 3.96. The van der Waals surface area contributed by atoms with Crippen molar-refractivity contribution >= 4 is 40.9 Å². The SMILES string of the molecule is COc1ccc(NC(=O)CN2C(=O)NC(=Cc3cc(-c4ccccc4)cs3)C2=O)cc1. The highest BCUT2D eigenvalue weighted by molar-refractivity contribution is 7.11.